The van der Waals surface area contributed by atoms with Crippen LogP contribution in [0.4, 0.5) is 26.3 Å². The molecule has 0 radical (unpaired) electrons. The zero-order valence-electron chi connectivity index (χ0n) is 8.64. The molecular formula is C8H12F6O3. The molecule has 0 aromatic rings. The van der Waals surface area contributed by atoms with Gasteiger partial charge in [0, 0.05) is 5.92 Å². The monoisotopic (exact) mass is 270 g/mol. The lowest BCUT2D eigenvalue weighted by Gasteiger charge is -2.16. The highest BCUT2D eigenvalue weighted by molar-refractivity contribution is 4.57. The van der Waals surface area contributed by atoms with Crippen LogP contribution in [0.5, 0.6) is 0 Å². The van der Waals surface area contributed by atoms with Crippen molar-refractivity contribution >= 4 is 0 Å². The Morgan fingerprint density at radius 2 is 1.18 bits per heavy atom. The van der Waals surface area contributed by atoms with Gasteiger partial charge in [0.1, 0.15) is 13.2 Å². The van der Waals surface area contributed by atoms with E-state index in [-0.39, 0.29) is 0 Å². The summed E-state index contributed by atoms with van der Waals surface area (Å²) in [6, 6.07) is 0. The number of hydrogen-bond donors (Lipinski definition) is 1. The number of alkyl halides is 6. The van der Waals surface area contributed by atoms with Gasteiger partial charge in [0.05, 0.1) is 19.8 Å². The van der Waals surface area contributed by atoms with E-state index in [0.717, 1.165) is 0 Å². The molecule has 0 bridgehead atoms. The first kappa shape index (κ1) is 16.5. The molecule has 0 saturated carbocycles. The van der Waals surface area contributed by atoms with Crippen LogP contribution in [0.3, 0.4) is 0 Å². The van der Waals surface area contributed by atoms with Gasteiger partial charge in [0.15, 0.2) is 0 Å². The average Bonchev–Trinajstić information content (AvgIpc) is 2.11. The maximum atomic E-state index is 11.7. The molecule has 0 saturated heterocycles. The lowest BCUT2D eigenvalue weighted by Crippen LogP contribution is -2.27. The fourth-order valence-corrected chi connectivity index (χ4v) is 0.836. The van der Waals surface area contributed by atoms with Crippen molar-refractivity contribution in [2.75, 3.05) is 33.0 Å². The van der Waals surface area contributed by atoms with Gasteiger partial charge in [-0.15, -0.1) is 0 Å². The van der Waals surface area contributed by atoms with E-state index in [9.17, 15) is 26.3 Å². The number of aliphatic hydroxyl groups excluding tert-OH is 1. The Morgan fingerprint density at radius 3 is 1.41 bits per heavy atom. The smallest absolute Gasteiger partial charge is 0.396 e. The Kier molecular flexibility index (Phi) is 6.80. The summed E-state index contributed by atoms with van der Waals surface area (Å²) in [6.45, 7) is -4.68. The molecule has 0 unspecified atom stereocenters. The summed E-state index contributed by atoms with van der Waals surface area (Å²) in [4.78, 5) is 0. The molecule has 0 atom stereocenters. The van der Waals surface area contributed by atoms with Crippen LogP contribution in [0.1, 0.15) is 0 Å². The molecular weight excluding hydrogens is 258 g/mol. The number of halogens is 6. The second-order valence-electron chi connectivity index (χ2n) is 3.31. The highest BCUT2D eigenvalue weighted by Gasteiger charge is 2.29. The van der Waals surface area contributed by atoms with Gasteiger partial charge >= 0.3 is 12.4 Å². The molecule has 9 heteroatoms. The maximum Gasteiger partial charge on any atom is 0.411 e. The summed E-state index contributed by atoms with van der Waals surface area (Å²) in [5.74, 6) is -0.917. The molecule has 0 heterocycles. The average molecular weight is 270 g/mol. The van der Waals surface area contributed by atoms with Crippen LogP contribution in [0.25, 0.3) is 0 Å². The number of aliphatic hydroxyl groups is 1. The molecule has 17 heavy (non-hydrogen) atoms. The molecule has 1 N–H and O–H groups in total. The van der Waals surface area contributed by atoms with Gasteiger partial charge in [-0.1, -0.05) is 0 Å². The normalized spacial score (nSPS) is 13.4. The van der Waals surface area contributed by atoms with Crippen LogP contribution in [0.2, 0.25) is 0 Å². The second-order valence-corrected chi connectivity index (χ2v) is 3.31. The summed E-state index contributed by atoms with van der Waals surface area (Å²) in [7, 11) is 0. The molecule has 0 aromatic carbocycles. The minimum Gasteiger partial charge on any atom is -0.396 e. The maximum absolute atomic E-state index is 11.7. The fraction of sp³-hybridized carbons (Fsp3) is 1.00. The number of rotatable bonds is 7. The van der Waals surface area contributed by atoms with E-state index in [1.165, 1.54) is 0 Å². The van der Waals surface area contributed by atoms with Crippen LogP contribution in [0.15, 0.2) is 0 Å². The third-order valence-corrected chi connectivity index (χ3v) is 1.50. The number of ether oxygens (including phenoxy) is 2. The van der Waals surface area contributed by atoms with E-state index >= 15 is 0 Å². The van der Waals surface area contributed by atoms with Crippen LogP contribution in [-0.4, -0.2) is 50.5 Å². The molecule has 0 rings (SSSR count). The minimum atomic E-state index is -4.51. The predicted octanol–water partition coefficient (Wildman–Crippen LogP) is 1.75. The van der Waals surface area contributed by atoms with Crippen molar-refractivity contribution in [3.05, 3.63) is 0 Å². The van der Waals surface area contributed by atoms with E-state index in [1.807, 2.05) is 0 Å². The molecule has 104 valence electrons. The first-order valence-corrected chi connectivity index (χ1v) is 4.54. The van der Waals surface area contributed by atoms with Crippen molar-refractivity contribution in [1.82, 2.24) is 0 Å². The van der Waals surface area contributed by atoms with Gasteiger partial charge in [0.25, 0.3) is 0 Å². The highest BCUT2D eigenvalue weighted by atomic mass is 19.4. The van der Waals surface area contributed by atoms with Crippen molar-refractivity contribution < 1.29 is 40.9 Å². The van der Waals surface area contributed by atoms with Crippen molar-refractivity contribution in [1.29, 1.82) is 0 Å². The van der Waals surface area contributed by atoms with Crippen LogP contribution in [0, 0.1) is 5.92 Å². The highest BCUT2D eigenvalue weighted by Crippen LogP contribution is 2.16. The van der Waals surface area contributed by atoms with E-state index in [2.05, 4.69) is 9.47 Å². The Labute approximate surface area is 93.3 Å². The summed E-state index contributed by atoms with van der Waals surface area (Å²) in [5, 5.41) is 8.66. The largest absolute Gasteiger partial charge is 0.411 e. The Morgan fingerprint density at radius 1 is 0.824 bits per heavy atom. The van der Waals surface area contributed by atoms with E-state index in [4.69, 9.17) is 5.11 Å². The van der Waals surface area contributed by atoms with Crippen molar-refractivity contribution in [3.63, 3.8) is 0 Å². The van der Waals surface area contributed by atoms with Crippen molar-refractivity contribution in [2.24, 2.45) is 5.92 Å². The van der Waals surface area contributed by atoms with Crippen LogP contribution < -0.4 is 0 Å². The first-order valence-electron chi connectivity index (χ1n) is 4.54. The molecule has 0 aliphatic rings. The Hall–Kier alpha value is -0.540. The zero-order chi connectivity index (χ0) is 13.5. The molecule has 0 spiro atoms. The van der Waals surface area contributed by atoms with Crippen molar-refractivity contribution in [2.45, 2.75) is 12.4 Å². The number of hydrogen-bond acceptors (Lipinski definition) is 3. The van der Waals surface area contributed by atoms with Gasteiger partial charge in [-0.25, -0.2) is 0 Å². The molecule has 0 fully saturated rings. The fourth-order valence-electron chi connectivity index (χ4n) is 0.836. The van der Waals surface area contributed by atoms with Crippen molar-refractivity contribution in [3.8, 4) is 0 Å². The second kappa shape index (κ2) is 7.02. The SMILES string of the molecule is OCC(COCC(F)(F)F)COCC(F)(F)F. The Balaban J connectivity index is 3.70. The van der Waals surface area contributed by atoms with Gasteiger partial charge in [-0.05, 0) is 0 Å². The molecule has 3 nitrogen and oxygen atoms in total. The standard InChI is InChI=1S/C8H12F6O3/c9-7(10,11)4-16-2-6(1-15)3-17-5-8(12,13)14/h6,15H,1-5H2. The quantitative estimate of drug-likeness (QED) is 0.716. The third-order valence-electron chi connectivity index (χ3n) is 1.50. The summed E-state index contributed by atoms with van der Waals surface area (Å²) in [5.41, 5.74) is 0. The lowest BCUT2D eigenvalue weighted by atomic mass is 10.2. The third kappa shape index (κ3) is 11.7. The minimum absolute atomic E-state index is 0.520. The Bertz CT molecular complexity index is 182. The summed E-state index contributed by atoms with van der Waals surface area (Å²) < 4.78 is 78.3. The van der Waals surface area contributed by atoms with E-state index in [0.29, 0.717) is 0 Å². The summed E-state index contributed by atoms with van der Waals surface area (Å²) in [6.07, 6.45) is -9.01. The molecule has 0 amide bonds. The topological polar surface area (TPSA) is 38.7 Å². The van der Waals surface area contributed by atoms with Crippen LogP contribution in [-0.2, 0) is 9.47 Å². The van der Waals surface area contributed by atoms with Gasteiger partial charge in [-0.2, -0.15) is 26.3 Å². The van der Waals surface area contributed by atoms with Gasteiger partial charge in [-0.3, -0.25) is 0 Å². The molecule has 0 aromatic heterocycles. The predicted molar refractivity (Wildman–Crippen MR) is 44.3 cm³/mol. The summed E-state index contributed by atoms with van der Waals surface area (Å²) >= 11 is 0. The molecule has 0 aliphatic heterocycles. The van der Waals surface area contributed by atoms with Gasteiger partial charge in [0.2, 0.25) is 0 Å². The van der Waals surface area contributed by atoms with E-state index in [1.54, 1.807) is 0 Å². The zero-order valence-corrected chi connectivity index (χ0v) is 8.64. The first-order chi connectivity index (χ1) is 7.64. The molecule has 0 aliphatic carbocycles. The van der Waals surface area contributed by atoms with Crippen LogP contribution >= 0.6 is 0 Å². The van der Waals surface area contributed by atoms with E-state index < -0.39 is 51.3 Å². The lowest BCUT2D eigenvalue weighted by molar-refractivity contribution is -0.187. The van der Waals surface area contributed by atoms with Gasteiger partial charge < -0.3 is 14.6 Å².